The molecule has 0 saturated heterocycles. The second kappa shape index (κ2) is 4.01. The van der Waals surface area contributed by atoms with Crippen LogP contribution in [0.25, 0.3) is 0 Å². The largest absolute Gasteiger partial charge is 0.344 e. The molecule has 2 rings (SSSR count). The van der Waals surface area contributed by atoms with Crippen LogP contribution < -0.4 is 6.15 Å². The number of fused-ring (bicyclic) bond motifs is 2. The monoisotopic (exact) mass is 327 g/mol. The van der Waals surface area contributed by atoms with Crippen molar-refractivity contribution in [2.75, 3.05) is 5.75 Å². The minimum absolute atomic E-state index is 0. The van der Waals surface area contributed by atoms with E-state index in [0.717, 1.165) is 6.42 Å². The van der Waals surface area contributed by atoms with Crippen molar-refractivity contribution in [3.8, 4) is 0 Å². The third-order valence-electron chi connectivity index (χ3n) is 4.66. The smallest absolute Gasteiger partial charge is 0.265 e. The number of hydrogen-bond acceptors (Lipinski definition) is 4. The van der Waals surface area contributed by atoms with Crippen molar-refractivity contribution in [1.82, 2.24) is 6.15 Å². The van der Waals surface area contributed by atoms with Crippen LogP contribution in [0.4, 0.5) is 0 Å². The molecule has 0 aromatic heterocycles. The van der Waals surface area contributed by atoms with Crippen LogP contribution in [0.2, 0.25) is 0 Å². The van der Waals surface area contributed by atoms with E-state index in [1.165, 1.54) is 0 Å². The van der Waals surface area contributed by atoms with Gasteiger partial charge in [0.05, 0.1) is 10.6 Å². The summed E-state index contributed by atoms with van der Waals surface area (Å²) in [6.45, 7) is 3.62. The van der Waals surface area contributed by atoms with Gasteiger partial charge in [0, 0.05) is 10.8 Å². The van der Waals surface area contributed by atoms with E-state index in [9.17, 15) is 13.2 Å². The number of halogens is 1. The van der Waals surface area contributed by atoms with Crippen LogP contribution in [0.3, 0.4) is 0 Å². The van der Waals surface area contributed by atoms with Gasteiger partial charge >= 0.3 is 0 Å². The van der Waals surface area contributed by atoms with Gasteiger partial charge in [0.1, 0.15) is 0 Å². The Balaban J connectivity index is 0.00000144. The molecule has 17 heavy (non-hydrogen) atoms. The van der Waals surface area contributed by atoms with Crippen molar-refractivity contribution in [2.24, 2.45) is 16.7 Å². The highest BCUT2D eigenvalue weighted by Crippen LogP contribution is 2.65. The summed E-state index contributed by atoms with van der Waals surface area (Å²) < 4.78 is 31.2. The quantitative estimate of drug-likeness (QED) is 0.594. The Kier molecular flexibility index (Phi) is 3.56. The average Bonchev–Trinajstić information content (AvgIpc) is 2.40. The summed E-state index contributed by atoms with van der Waals surface area (Å²) in [6, 6.07) is 0. The van der Waals surface area contributed by atoms with Gasteiger partial charge in [0.2, 0.25) is 0 Å². The molecule has 0 radical (unpaired) electrons. The van der Waals surface area contributed by atoms with Gasteiger partial charge in [0.25, 0.3) is 10.1 Å². The van der Waals surface area contributed by atoms with Gasteiger partial charge in [-0.3, -0.25) is 9.35 Å². The van der Waals surface area contributed by atoms with Crippen LogP contribution in [0, 0.1) is 16.7 Å². The molecule has 2 aliphatic rings. The number of hydrogen-bond donors (Lipinski definition) is 2. The molecule has 4 unspecified atom stereocenters. The van der Waals surface area contributed by atoms with Crippen LogP contribution >= 0.6 is 15.9 Å². The average molecular weight is 328 g/mol. The zero-order chi connectivity index (χ0) is 12.4. The van der Waals surface area contributed by atoms with E-state index in [-0.39, 0.29) is 28.4 Å². The molecular weight excluding hydrogens is 310 g/mol. The molecule has 0 amide bonds. The Morgan fingerprint density at radius 3 is 2.35 bits per heavy atom. The Bertz CT molecular complexity index is 451. The normalized spacial score (nSPS) is 44.8. The second-order valence-electron chi connectivity index (χ2n) is 5.39. The summed E-state index contributed by atoms with van der Waals surface area (Å²) in [5.74, 6) is -0.239. The van der Waals surface area contributed by atoms with E-state index in [1.54, 1.807) is 6.92 Å². The van der Waals surface area contributed by atoms with Crippen molar-refractivity contribution < 1.29 is 17.8 Å². The minimum Gasteiger partial charge on any atom is -0.344 e. The second-order valence-corrected chi connectivity index (χ2v) is 7.83. The lowest BCUT2D eigenvalue weighted by molar-refractivity contribution is -0.127. The van der Waals surface area contributed by atoms with E-state index in [2.05, 4.69) is 15.9 Å². The van der Waals surface area contributed by atoms with Crippen LogP contribution in [0.15, 0.2) is 0 Å². The maximum Gasteiger partial charge on any atom is 0.265 e. The SMILES string of the molecule is CC12CCC(C(Br)C1=O)C2(C)CS(=O)(=O)O.N. The standard InChI is InChI=1S/C10H15BrO4S.H3N/c1-9-4-3-6(7(11)8(9)12)10(9,2)5-16(13,14)15;/h6-7H,3-5H2,1-2H3,(H,13,14,15);1H3. The summed E-state index contributed by atoms with van der Waals surface area (Å²) in [6.07, 6.45) is 1.55. The molecular formula is C10H18BrNO4S. The molecule has 100 valence electrons. The van der Waals surface area contributed by atoms with Gasteiger partial charge in [-0.15, -0.1) is 0 Å². The number of carbonyl (C=O) groups is 1. The molecule has 0 heterocycles. The molecule has 7 heteroatoms. The first-order valence-electron chi connectivity index (χ1n) is 5.25. The summed E-state index contributed by atoms with van der Waals surface area (Å²) in [5, 5.41) is 0. The summed E-state index contributed by atoms with van der Waals surface area (Å²) in [7, 11) is -4.05. The zero-order valence-corrected chi connectivity index (χ0v) is 12.3. The lowest BCUT2D eigenvalue weighted by atomic mass is 9.70. The Hall–Kier alpha value is 0.0200. The van der Waals surface area contributed by atoms with E-state index in [4.69, 9.17) is 4.55 Å². The predicted octanol–water partition coefficient (Wildman–Crippen LogP) is 1.80. The highest BCUT2D eigenvalue weighted by Gasteiger charge is 2.68. The molecule has 0 spiro atoms. The number of ketones is 1. The first-order valence-corrected chi connectivity index (χ1v) is 7.78. The van der Waals surface area contributed by atoms with Gasteiger partial charge < -0.3 is 6.15 Å². The molecule has 4 N–H and O–H groups in total. The lowest BCUT2D eigenvalue weighted by Crippen LogP contribution is -2.40. The molecule has 2 aliphatic carbocycles. The highest BCUT2D eigenvalue weighted by molar-refractivity contribution is 9.10. The van der Waals surface area contributed by atoms with E-state index >= 15 is 0 Å². The Labute approximate surface area is 110 Å². The van der Waals surface area contributed by atoms with Crippen LogP contribution in [-0.4, -0.2) is 29.3 Å². The highest BCUT2D eigenvalue weighted by atomic mass is 79.9. The molecule has 4 atom stereocenters. The number of alkyl halides is 1. The van der Waals surface area contributed by atoms with Crippen molar-refractivity contribution in [2.45, 2.75) is 31.5 Å². The number of Topliss-reactive ketones (excluding diaryl/α,β-unsaturated/α-hetero) is 1. The molecule has 2 fully saturated rings. The van der Waals surface area contributed by atoms with Crippen molar-refractivity contribution in [3.05, 3.63) is 0 Å². The fourth-order valence-corrected chi connectivity index (χ4v) is 6.11. The van der Waals surface area contributed by atoms with Gasteiger partial charge in [0.15, 0.2) is 5.78 Å². The van der Waals surface area contributed by atoms with Gasteiger partial charge in [-0.1, -0.05) is 29.8 Å². The van der Waals surface area contributed by atoms with Crippen LogP contribution in [0.1, 0.15) is 26.7 Å². The zero-order valence-electron chi connectivity index (χ0n) is 9.94. The molecule has 0 aliphatic heterocycles. The van der Waals surface area contributed by atoms with Crippen molar-refractivity contribution >= 4 is 31.8 Å². The first kappa shape index (κ1) is 15.1. The third-order valence-corrected chi connectivity index (χ3v) is 6.68. The van der Waals surface area contributed by atoms with Gasteiger partial charge in [-0.25, -0.2) is 0 Å². The molecule has 2 saturated carbocycles. The van der Waals surface area contributed by atoms with E-state index in [1.807, 2.05) is 6.92 Å². The summed E-state index contributed by atoms with van der Waals surface area (Å²) in [4.78, 5) is 11.8. The fourth-order valence-electron chi connectivity index (χ4n) is 3.46. The fraction of sp³-hybridized carbons (Fsp3) is 0.900. The third kappa shape index (κ3) is 1.87. The van der Waals surface area contributed by atoms with Crippen LogP contribution in [-0.2, 0) is 14.9 Å². The van der Waals surface area contributed by atoms with Crippen LogP contribution in [0.5, 0.6) is 0 Å². The van der Waals surface area contributed by atoms with E-state index in [0.29, 0.717) is 6.42 Å². The molecule has 0 aromatic carbocycles. The molecule has 5 nitrogen and oxygen atoms in total. The van der Waals surface area contributed by atoms with Crippen molar-refractivity contribution in [3.63, 3.8) is 0 Å². The first-order chi connectivity index (χ1) is 7.12. The predicted molar refractivity (Wildman–Crippen MR) is 68.1 cm³/mol. The Morgan fingerprint density at radius 1 is 1.47 bits per heavy atom. The molecule has 0 aromatic rings. The van der Waals surface area contributed by atoms with Crippen molar-refractivity contribution in [1.29, 1.82) is 0 Å². The maximum atomic E-state index is 12.1. The lowest BCUT2D eigenvalue weighted by Gasteiger charge is -2.35. The number of rotatable bonds is 2. The summed E-state index contributed by atoms with van der Waals surface area (Å²) in [5.41, 5.74) is -1.27. The molecule has 2 bridgehead atoms. The van der Waals surface area contributed by atoms with Gasteiger partial charge in [-0.05, 0) is 18.8 Å². The Morgan fingerprint density at radius 2 is 2.00 bits per heavy atom. The van der Waals surface area contributed by atoms with Gasteiger partial charge in [-0.2, -0.15) is 8.42 Å². The topological polar surface area (TPSA) is 106 Å². The summed E-state index contributed by atoms with van der Waals surface area (Å²) >= 11 is 3.35. The minimum atomic E-state index is -4.05. The number of carbonyl (C=O) groups excluding carboxylic acids is 1. The van der Waals surface area contributed by atoms with E-state index < -0.39 is 20.9 Å². The maximum absolute atomic E-state index is 12.1.